The van der Waals surface area contributed by atoms with Gasteiger partial charge in [-0.2, -0.15) is 0 Å². The molecule has 2 rings (SSSR count). The molecule has 1 unspecified atom stereocenters. The lowest BCUT2D eigenvalue weighted by molar-refractivity contribution is -0.144. The number of rotatable bonds is 4. The molecule has 1 aromatic heterocycles. The van der Waals surface area contributed by atoms with Crippen molar-refractivity contribution in [3.05, 3.63) is 17.5 Å². The van der Waals surface area contributed by atoms with Crippen LogP contribution in [0.1, 0.15) is 36.0 Å². The summed E-state index contributed by atoms with van der Waals surface area (Å²) in [6.45, 7) is 3.21. The lowest BCUT2D eigenvalue weighted by atomic mass is 9.96. The number of nitrogens with one attached hydrogen (secondary N) is 1. The highest BCUT2D eigenvalue weighted by Crippen LogP contribution is 2.39. The number of aliphatic carboxylic acids is 1. The van der Waals surface area contributed by atoms with Crippen LogP contribution in [0.2, 0.25) is 0 Å². The summed E-state index contributed by atoms with van der Waals surface area (Å²) in [5.41, 5.74) is -0.642. The zero-order valence-electron chi connectivity index (χ0n) is 9.69. The second-order valence-corrected chi connectivity index (χ2v) is 4.57. The van der Waals surface area contributed by atoms with E-state index in [1.165, 1.54) is 13.0 Å². The molecule has 0 bridgehead atoms. The van der Waals surface area contributed by atoms with Gasteiger partial charge < -0.3 is 14.9 Å². The van der Waals surface area contributed by atoms with Crippen LogP contribution in [0.3, 0.4) is 0 Å². The molecule has 1 amide bonds. The Morgan fingerprint density at radius 2 is 2.24 bits per heavy atom. The molecule has 0 spiro atoms. The molecule has 17 heavy (non-hydrogen) atoms. The van der Waals surface area contributed by atoms with Gasteiger partial charge in [0.2, 0.25) is 5.76 Å². The summed E-state index contributed by atoms with van der Waals surface area (Å²) in [5.74, 6) is -1.53. The fraction of sp³-hybridized carbons (Fsp3) is 0.545. The molecule has 1 atom stereocenters. The van der Waals surface area contributed by atoms with E-state index in [0.29, 0.717) is 5.69 Å². The van der Waals surface area contributed by atoms with Crippen molar-refractivity contribution in [2.75, 3.05) is 0 Å². The number of carboxylic acid groups (broad SMARTS) is 1. The van der Waals surface area contributed by atoms with Gasteiger partial charge in [-0.05, 0) is 32.6 Å². The average molecular weight is 238 g/mol. The van der Waals surface area contributed by atoms with Crippen LogP contribution >= 0.6 is 0 Å². The Hall–Kier alpha value is -1.85. The number of hydrogen-bond acceptors (Lipinski definition) is 4. The monoisotopic (exact) mass is 238 g/mol. The fourth-order valence-electron chi connectivity index (χ4n) is 1.76. The number of carboxylic acids is 1. The van der Waals surface area contributed by atoms with Crippen LogP contribution < -0.4 is 5.32 Å². The second kappa shape index (κ2) is 3.87. The SMILES string of the molecule is Cc1cc(C(=O)NC(C)(C(=O)O)C2CC2)on1. The summed E-state index contributed by atoms with van der Waals surface area (Å²) < 4.78 is 4.80. The lowest BCUT2D eigenvalue weighted by Crippen LogP contribution is -2.53. The largest absolute Gasteiger partial charge is 0.480 e. The molecule has 1 saturated carbocycles. The van der Waals surface area contributed by atoms with E-state index in [1.54, 1.807) is 6.92 Å². The third kappa shape index (κ3) is 2.15. The number of nitrogens with zero attached hydrogens (tertiary/aromatic N) is 1. The van der Waals surface area contributed by atoms with Crippen molar-refractivity contribution in [3.8, 4) is 0 Å². The summed E-state index contributed by atoms with van der Waals surface area (Å²) in [6, 6.07) is 1.48. The van der Waals surface area contributed by atoms with Gasteiger partial charge in [-0.15, -0.1) is 0 Å². The fourth-order valence-corrected chi connectivity index (χ4v) is 1.76. The highest BCUT2D eigenvalue weighted by molar-refractivity contribution is 5.95. The quantitative estimate of drug-likeness (QED) is 0.815. The van der Waals surface area contributed by atoms with Crippen LogP contribution in [-0.2, 0) is 4.79 Å². The molecule has 1 aliphatic rings. The van der Waals surface area contributed by atoms with E-state index in [2.05, 4.69) is 10.5 Å². The Bertz CT molecular complexity index is 464. The third-order valence-electron chi connectivity index (χ3n) is 3.06. The molecule has 1 aliphatic carbocycles. The van der Waals surface area contributed by atoms with Crippen molar-refractivity contribution in [1.29, 1.82) is 0 Å². The van der Waals surface area contributed by atoms with Crippen molar-refractivity contribution >= 4 is 11.9 Å². The summed E-state index contributed by atoms with van der Waals surface area (Å²) >= 11 is 0. The highest BCUT2D eigenvalue weighted by Gasteiger charge is 2.48. The molecule has 6 nitrogen and oxygen atoms in total. The van der Waals surface area contributed by atoms with Gasteiger partial charge in [-0.3, -0.25) is 4.79 Å². The van der Waals surface area contributed by atoms with Crippen LogP contribution in [0, 0.1) is 12.8 Å². The van der Waals surface area contributed by atoms with Crippen molar-refractivity contribution in [1.82, 2.24) is 10.5 Å². The van der Waals surface area contributed by atoms with E-state index in [9.17, 15) is 14.7 Å². The number of aryl methyl sites for hydroxylation is 1. The molecule has 1 aromatic rings. The van der Waals surface area contributed by atoms with Gasteiger partial charge in [0, 0.05) is 6.07 Å². The molecule has 0 radical (unpaired) electrons. The highest BCUT2D eigenvalue weighted by atomic mass is 16.5. The van der Waals surface area contributed by atoms with Gasteiger partial charge >= 0.3 is 5.97 Å². The zero-order chi connectivity index (χ0) is 12.6. The van der Waals surface area contributed by atoms with Crippen molar-refractivity contribution in [2.45, 2.75) is 32.2 Å². The third-order valence-corrected chi connectivity index (χ3v) is 3.06. The first-order valence-electron chi connectivity index (χ1n) is 5.42. The number of aromatic nitrogens is 1. The number of carbonyl (C=O) groups excluding carboxylic acids is 1. The molecule has 0 saturated heterocycles. The molecule has 6 heteroatoms. The lowest BCUT2D eigenvalue weighted by Gasteiger charge is -2.25. The Morgan fingerprint density at radius 1 is 1.59 bits per heavy atom. The zero-order valence-corrected chi connectivity index (χ0v) is 9.69. The summed E-state index contributed by atoms with van der Waals surface area (Å²) in [4.78, 5) is 23.0. The summed E-state index contributed by atoms with van der Waals surface area (Å²) in [6.07, 6.45) is 1.64. The van der Waals surface area contributed by atoms with Crippen LogP contribution in [0.5, 0.6) is 0 Å². The topological polar surface area (TPSA) is 92.4 Å². The molecule has 92 valence electrons. The number of amides is 1. The van der Waals surface area contributed by atoms with Gasteiger partial charge in [0.25, 0.3) is 5.91 Å². The molecule has 2 N–H and O–H groups in total. The predicted octanol–water partition coefficient (Wildman–Crippen LogP) is 0.966. The minimum atomic E-state index is -1.22. The van der Waals surface area contributed by atoms with Gasteiger partial charge in [0.1, 0.15) is 5.54 Å². The molecular formula is C11H14N2O4. The maximum absolute atomic E-state index is 11.8. The Labute approximate surface area is 98.0 Å². The normalized spacial score (nSPS) is 18.5. The first kappa shape index (κ1) is 11.6. The van der Waals surface area contributed by atoms with Gasteiger partial charge in [0.15, 0.2) is 0 Å². The van der Waals surface area contributed by atoms with E-state index >= 15 is 0 Å². The number of carbonyl (C=O) groups is 2. The Kier molecular flexibility index (Phi) is 2.65. The van der Waals surface area contributed by atoms with Crippen LogP contribution in [-0.4, -0.2) is 27.7 Å². The summed E-state index contributed by atoms with van der Waals surface area (Å²) in [7, 11) is 0. The minimum Gasteiger partial charge on any atom is -0.480 e. The Balaban J connectivity index is 2.14. The van der Waals surface area contributed by atoms with Crippen molar-refractivity contribution in [2.24, 2.45) is 5.92 Å². The smallest absolute Gasteiger partial charge is 0.329 e. The first-order valence-corrected chi connectivity index (χ1v) is 5.42. The standard InChI is InChI=1S/C11H14N2O4/c1-6-5-8(17-13-6)9(14)12-11(2,10(15)16)7-3-4-7/h5,7H,3-4H2,1-2H3,(H,12,14)(H,15,16). The molecular weight excluding hydrogens is 224 g/mol. The van der Waals surface area contributed by atoms with Crippen LogP contribution in [0.25, 0.3) is 0 Å². The maximum atomic E-state index is 11.8. The first-order chi connectivity index (χ1) is 7.93. The van der Waals surface area contributed by atoms with Gasteiger partial charge in [-0.25, -0.2) is 4.79 Å². The van der Waals surface area contributed by atoms with Crippen LogP contribution in [0.4, 0.5) is 0 Å². The van der Waals surface area contributed by atoms with E-state index in [4.69, 9.17) is 4.52 Å². The predicted molar refractivity (Wildman–Crippen MR) is 57.5 cm³/mol. The van der Waals surface area contributed by atoms with E-state index in [-0.39, 0.29) is 11.7 Å². The molecule has 0 aliphatic heterocycles. The second-order valence-electron chi connectivity index (χ2n) is 4.57. The molecule has 1 heterocycles. The maximum Gasteiger partial charge on any atom is 0.329 e. The molecule has 0 aromatic carbocycles. The average Bonchev–Trinajstić information content (AvgIpc) is 3.01. The minimum absolute atomic E-state index is 0.00651. The van der Waals surface area contributed by atoms with E-state index in [0.717, 1.165) is 12.8 Å². The van der Waals surface area contributed by atoms with Gasteiger partial charge in [0.05, 0.1) is 5.69 Å². The Morgan fingerprint density at radius 3 is 2.65 bits per heavy atom. The van der Waals surface area contributed by atoms with Gasteiger partial charge in [-0.1, -0.05) is 5.16 Å². The van der Waals surface area contributed by atoms with Crippen molar-refractivity contribution < 1.29 is 19.2 Å². The van der Waals surface area contributed by atoms with Crippen molar-refractivity contribution in [3.63, 3.8) is 0 Å². The number of hydrogen-bond donors (Lipinski definition) is 2. The van der Waals surface area contributed by atoms with E-state index < -0.39 is 17.4 Å². The van der Waals surface area contributed by atoms with Crippen LogP contribution in [0.15, 0.2) is 10.6 Å². The summed E-state index contributed by atoms with van der Waals surface area (Å²) in [5, 5.41) is 15.3. The molecule has 1 fully saturated rings. The van der Waals surface area contributed by atoms with E-state index in [1.807, 2.05) is 0 Å².